The first-order valence-electron chi connectivity index (χ1n) is 5.15. The summed E-state index contributed by atoms with van der Waals surface area (Å²) in [6, 6.07) is 1.50. The van der Waals surface area contributed by atoms with Gasteiger partial charge in [-0.25, -0.2) is 0 Å². The number of nitrogens with zero attached hydrogens (tertiary/aromatic N) is 2. The summed E-state index contributed by atoms with van der Waals surface area (Å²) < 4.78 is 0. The minimum absolute atomic E-state index is 0.735. The summed E-state index contributed by atoms with van der Waals surface area (Å²) in [5, 5.41) is 0. The van der Waals surface area contributed by atoms with E-state index in [2.05, 4.69) is 37.6 Å². The average molecular weight is 170 g/mol. The van der Waals surface area contributed by atoms with Crippen LogP contribution in [0.4, 0.5) is 0 Å². The van der Waals surface area contributed by atoms with Crippen LogP contribution in [0.3, 0.4) is 0 Å². The fraction of sp³-hybridized carbons (Fsp3) is 1.00. The van der Waals surface area contributed by atoms with Crippen LogP contribution in [0.1, 0.15) is 27.2 Å². The fourth-order valence-corrected chi connectivity index (χ4v) is 2.37. The van der Waals surface area contributed by atoms with Gasteiger partial charge in [-0.15, -0.1) is 0 Å². The molecule has 2 heteroatoms. The van der Waals surface area contributed by atoms with Crippen LogP contribution in [-0.2, 0) is 0 Å². The molecule has 0 aliphatic carbocycles. The van der Waals surface area contributed by atoms with Crippen LogP contribution in [0.25, 0.3) is 0 Å². The molecule has 0 N–H and O–H groups in total. The Hall–Kier alpha value is -0.0800. The van der Waals surface area contributed by atoms with E-state index in [1.54, 1.807) is 0 Å². The molecule has 0 spiro atoms. The lowest BCUT2D eigenvalue weighted by Gasteiger charge is -2.44. The van der Waals surface area contributed by atoms with E-state index in [1.165, 1.54) is 26.1 Å². The highest BCUT2D eigenvalue weighted by atomic mass is 15.3. The maximum Gasteiger partial charge on any atom is 0.0243 e. The number of piperazine rings is 1. The van der Waals surface area contributed by atoms with Crippen molar-refractivity contribution in [1.29, 1.82) is 0 Å². The van der Waals surface area contributed by atoms with E-state index in [0.29, 0.717) is 0 Å². The number of hydrogen-bond donors (Lipinski definition) is 0. The van der Waals surface area contributed by atoms with Gasteiger partial charge in [0.05, 0.1) is 0 Å². The molecule has 0 aromatic rings. The molecule has 0 amide bonds. The van der Waals surface area contributed by atoms with Gasteiger partial charge in [0.2, 0.25) is 0 Å². The van der Waals surface area contributed by atoms with Gasteiger partial charge < -0.3 is 4.90 Å². The molecule has 1 rings (SSSR count). The first kappa shape index (κ1) is 10.0. The van der Waals surface area contributed by atoms with E-state index < -0.39 is 0 Å². The van der Waals surface area contributed by atoms with Crippen LogP contribution in [0, 0.1) is 0 Å². The number of hydrogen-bond acceptors (Lipinski definition) is 2. The third kappa shape index (κ3) is 1.80. The van der Waals surface area contributed by atoms with E-state index in [-0.39, 0.29) is 0 Å². The van der Waals surface area contributed by atoms with Gasteiger partial charge in [0.1, 0.15) is 0 Å². The third-order valence-corrected chi connectivity index (χ3v) is 3.26. The zero-order valence-corrected chi connectivity index (χ0v) is 8.88. The van der Waals surface area contributed by atoms with Gasteiger partial charge in [-0.2, -0.15) is 0 Å². The van der Waals surface area contributed by atoms with Gasteiger partial charge >= 0.3 is 0 Å². The summed E-state index contributed by atoms with van der Waals surface area (Å²) in [4.78, 5) is 5.07. The SMILES string of the molecule is CCC1C(C)N(CC)CCN1C. The zero-order chi connectivity index (χ0) is 9.14. The second kappa shape index (κ2) is 4.24. The van der Waals surface area contributed by atoms with Crippen molar-refractivity contribution in [1.82, 2.24) is 9.80 Å². The molecule has 72 valence electrons. The second-order valence-corrected chi connectivity index (χ2v) is 3.83. The predicted molar refractivity (Wildman–Crippen MR) is 53.4 cm³/mol. The molecule has 2 atom stereocenters. The van der Waals surface area contributed by atoms with Crippen molar-refractivity contribution in [3.63, 3.8) is 0 Å². The quantitative estimate of drug-likeness (QED) is 0.618. The predicted octanol–water partition coefficient (Wildman–Crippen LogP) is 1.42. The molecule has 1 aliphatic heterocycles. The molecule has 12 heavy (non-hydrogen) atoms. The highest BCUT2D eigenvalue weighted by Crippen LogP contribution is 2.17. The maximum atomic E-state index is 2.58. The first-order valence-corrected chi connectivity index (χ1v) is 5.15. The van der Waals surface area contributed by atoms with E-state index >= 15 is 0 Å². The molecule has 0 aromatic carbocycles. The van der Waals surface area contributed by atoms with Crippen molar-refractivity contribution in [2.75, 3.05) is 26.7 Å². The van der Waals surface area contributed by atoms with Crippen molar-refractivity contribution in [3.8, 4) is 0 Å². The topological polar surface area (TPSA) is 6.48 Å². The van der Waals surface area contributed by atoms with Gasteiger partial charge in [-0.3, -0.25) is 4.90 Å². The summed E-state index contributed by atoms with van der Waals surface area (Å²) in [5.74, 6) is 0. The molecule has 0 aromatic heterocycles. The first-order chi connectivity index (χ1) is 5.70. The normalized spacial score (nSPS) is 34.0. The Balaban J connectivity index is 2.56. The minimum Gasteiger partial charge on any atom is -0.301 e. The minimum atomic E-state index is 0.735. The van der Waals surface area contributed by atoms with E-state index in [0.717, 1.165) is 12.1 Å². The van der Waals surface area contributed by atoms with Crippen molar-refractivity contribution >= 4 is 0 Å². The van der Waals surface area contributed by atoms with Crippen LogP contribution >= 0.6 is 0 Å². The van der Waals surface area contributed by atoms with Crippen LogP contribution in [0.2, 0.25) is 0 Å². The summed E-state index contributed by atoms with van der Waals surface area (Å²) in [6.45, 7) is 10.6. The maximum absolute atomic E-state index is 2.58. The van der Waals surface area contributed by atoms with Crippen molar-refractivity contribution in [3.05, 3.63) is 0 Å². The molecular weight excluding hydrogens is 148 g/mol. The Morgan fingerprint density at radius 1 is 1.25 bits per heavy atom. The highest BCUT2D eigenvalue weighted by Gasteiger charge is 2.28. The lowest BCUT2D eigenvalue weighted by molar-refractivity contribution is 0.0456. The van der Waals surface area contributed by atoms with Gasteiger partial charge in [0, 0.05) is 25.2 Å². The monoisotopic (exact) mass is 170 g/mol. The molecule has 1 saturated heterocycles. The lowest BCUT2D eigenvalue weighted by Crippen LogP contribution is -2.56. The van der Waals surface area contributed by atoms with Crippen LogP contribution in [-0.4, -0.2) is 48.6 Å². The Morgan fingerprint density at radius 2 is 1.92 bits per heavy atom. The van der Waals surface area contributed by atoms with E-state index in [9.17, 15) is 0 Å². The molecule has 0 saturated carbocycles. The van der Waals surface area contributed by atoms with Gasteiger partial charge in [-0.05, 0) is 26.9 Å². The Labute approximate surface area is 76.5 Å². The van der Waals surface area contributed by atoms with E-state index in [1.807, 2.05) is 0 Å². The smallest absolute Gasteiger partial charge is 0.0243 e. The lowest BCUT2D eigenvalue weighted by atomic mass is 10.0. The molecule has 2 unspecified atom stereocenters. The molecule has 1 aliphatic rings. The molecule has 0 bridgehead atoms. The van der Waals surface area contributed by atoms with E-state index in [4.69, 9.17) is 0 Å². The number of rotatable bonds is 2. The van der Waals surface area contributed by atoms with Gasteiger partial charge in [-0.1, -0.05) is 13.8 Å². The summed E-state index contributed by atoms with van der Waals surface area (Å²) in [6.07, 6.45) is 1.27. The molecule has 2 nitrogen and oxygen atoms in total. The highest BCUT2D eigenvalue weighted by molar-refractivity contribution is 4.85. The number of likely N-dealkylation sites (N-methyl/N-ethyl adjacent to an activating group) is 2. The molecular formula is C10H22N2. The summed E-state index contributed by atoms with van der Waals surface area (Å²) >= 11 is 0. The van der Waals surface area contributed by atoms with Crippen LogP contribution in [0.15, 0.2) is 0 Å². The largest absolute Gasteiger partial charge is 0.301 e. The third-order valence-electron chi connectivity index (χ3n) is 3.26. The molecule has 1 fully saturated rings. The van der Waals surface area contributed by atoms with Crippen molar-refractivity contribution in [2.45, 2.75) is 39.3 Å². The Kier molecular flexibility index (Phi) is 3.53. The summed E-state index contributed by atoms with van der Waals surface area (Å²) in [5.41, 5.74) is 0. The van der Waals surface area contributed by atoms with Crippen LogP contribution in [0.5, 0.6) is 0 Å². The average Bonchev–Trinajstić information content (AvgIpc) is 2.06. The Morgan fingerprint density at radius 3 is 2.42 bits per heavy atom. The second-order valence-electron chi connectivity index (χ2n) is 3.83. The van der Waals surface area contributed by atoms with Gasteiger partial charge in [0.15, 0.2) is 0 Å². The zero-order valence-electron chi connectivity index (χ0n) is 8.88. The summed E-state index contributed by atoms with van der Waals surface area (Å²) in [7, 11) is 2.25. The standard InChI is InChI=1S/C10H22N2/c1-5-10-9(3)12(6-2)8-7-11(10)4/h9-10H,5-8H2,1-4H3. The van der Waals surface area contributed by atoms with Crippen LogP contribution < -0.4 is 0 Å². The van der Waals surface area contributed by atoms with Crippen molar-refractivity contribution < 1.29 is 0 Å². The fourth-order valence-electron chi connectivity index (χ4n) is 2.37. The molecule has 1 heterocycles. The molecule has 0 radical (unpaired) electrons. The Bertz CT molecular complexity index is 136. The van der Waals surface area contributed by atoms with Gasteiger partial charge in [0.25, 0.3) is 0 Å². The van der Waals surface area contributed by atoms with Crippen molar-refractivity contribution in [2.24, 2.45) is 0 Å².